The van der Waals surface area contributed by atoms with Crippen molar-refractivity contribution in [1.82, 2.24) is 19.9 Å². The van der Waals surface area contributed by atoms with Crippen LogP contribution in [0.1, 0.15) is 25.3 Å². The predicted octanol–water partition coefficient (Wildman–Crippen LogP) is 1.46. The summed E-state index contributed by atoms with van der Waals surface area (Å²) in [6.07, 6.45) is 2.10. The van der Waals surface area contributed by atoms with Crippen molar-refractivity contribution in [3.8, 4) is 5.88 Å². The third kappa shape index (κ3) is 5.47. The van der Waals surface area contributed by atoms with Crippen molar-refractivity contribution in [2.45, 2.75) is 37.9 Å². The summed E-state index contributed by atoms with van der Waals surface area (Å²) in [7, 11) is -3.76. The first kappa shape index (κ1) is 22.2. The average molecular weight is 423 g/mol. The molecule has 0 saturated carbocycles. The second-order valence-electron chi connectivity index (χ2n) is 6.14. The van der Waals surface area contributed by atoms with Crippen LogP contribution in [0.5, 0.6) is 5.88 Å². The Morgan fingerprint density at radius 2 is 2.07 bits per heavy atom. The topological polar surface area (TPSA) is 95.9 Å². The van der Waals surface area contributed by atoms with Crippen LogP contribution in [-0.4, -0.2) is 62.0 Å². The minimum absolute atomic E-state index is 0.187. The second kappa shape index (κ2) is 9.41. The molecule has 1 aromatic rings. The quantitative estimate of drug-likeness (QED) is 0.531. The van der Waals surface area contributed by atoms with Gasteiger partial charge in [0.2, 0.25) is 5.88 Å². The number of hydrogen-bond donors (Lipinski definition) is 2. The molecule has 2 N–H and O–H groups in total. The standard InChI is InChI=1S/C16H24F3N5O3S/c1-3-20-15(22-11-12-5-4-8-21-14(12)27-2)23-13-6-9-24(10-7-13)28(25,26)16(17,18)19/h4-5,8,13H,3,6-7,9-11H2,1-2H3,(H2,20,22,23). The van der Waals surface area contributed by atoms with Crippen molar-refractivity contribution >= 4 is 16.0 Å². The first-order chi connectivity index (χ1) is 13.2. The van der Waals surface area contributed by atoms with E-state index in [4.69, 9.17) is 4.74 Å². The SMILES string of the molecule is CCNC(=NCc1cccnc1OC)NC1CCN(S(=O)(=O)C(F)(F)F)CC1. The molecule has 12 heteroatoms. The Hall–Kier alpha value is -2.08. The van der Waals surface area contributed by atoms with E-state index in [2.05, 4.69) is 20.6 Å². The monoisotopic (exact) mass is 423 g/mol. The molecule has 1 aromatic heterocycles. The Bertz CT molecular complexity index is 778. The van der Waals surface area contributed by atoms with E-state index in [0.29, 0.717) is 29.2 Å². The largest absolute Gasteiger partial charge is 0.511 e. The van der Waals surface area contributed by atoms with Crippen molar-refractivity contribution in [2.24, 2.45) is 4.99 Å². The molecule has 0 amide bonds. The Balaban J connectivity index is 1.98. The van der Waals surface area contributed by atoms with Crippen LogP contribution in [0.2, 0.25) is 0 Å². The summed E-state index contributed by atoms with van der Waals surface area (Å²) >= 11 is 0. The van der Waals surface area contributed by atoms with Crippen molar-refractivity contribution in [1.29, 1.82) is 0 Å². The van der Waals surface area contributed by atoms with E-state index in [1.54, 1.807) is 12.3 Å². The van der Waals surface area contributed by atoms with Gasteiger partial charge in [-0.1, -0.05) is 6.07 Å². The summed E-state index contributed by atoms with van der Waals surface area (Å²) in [5.41, 5.74) is -4.49. The van der Waals surface area contributed by atoms with Gasteiger partial charge in [-0.25, -0.2) is 18.4 Å². The molecule has 0 radical (unpaired) electrons. The van der Waals surface area contributed by atoms with E-state index in [9.17, 15) is 21.6 Å². The summed E-state index contributed by atoms with van der Waals surface area (Å²) in [5, 5.41) is 6.22. The first-order valence-corrected chi connectivity index (χ1v) is 10.2. The Kier molecular flexibility index (Phi) is 7.47. The molecule has 8 nitrogen and oxygen atoms in total. The summed E-state index contributed by atoms with van der Waals surface area (Å²) < 4.78 is 66.6. The van der Waals surface area contributed by atoms with Crippen LogP contribution < -0.4 is 15.4 Å². The highest BCUT2D eigenvalue weighted by atomic mass is 32.2. The molecule has 1 saturated heterocycles. The first-order valence-electron chi connectivity index (χ1n) is 8.78. The number of rotatable bonds is 6. The lowest BCUT2D eigenvalue weighted by Gasteiger charge is -2.32. The minimum Gasteiger partial charge on any atom is -0.481 e. The van der Waals surface area contributed by atoms with Crippen LogP contribution >= 0.6 is 0 Å². The van der Waals surface area contributed by atoms with Gasteiger partial charge >= 0.3 is 15.5 Å². The summed E-state index contributed by atoms with van der Waals surface area (Å²) in [6, 6.07) is 3.41. The highest BCUT2D eigenvalue weighted by Crippen LogP contribution is 2.28. The Morgan fingerprint density at radius 3 is 2.64 bits per heavy atom. The van der Waals surface area contributed by atoms with E-state index in [1.165, 1.54) is 7.11 Å². The molecule has 1 fully saturated rings. The molecular weight excluding hydrogens is 399 g/mol. The van der Waals surface area contributed by atoms with Crippen LogP contribution in [0.15, 0.2) is 23.3 Å². The number of ether oxygens (including phenoxy) is 1. The van der Waals surface area contributed by atoms with Crippen LogP contribution in [0, 0.1) is 0 Å². The lowest BCUT2D eigenvalue weighted by molar-refractivity contribution is -0.0494. The maximum absolute atomic E-state index is 12.7. The molecule has 0 aliphatic carbocycles. The van der Waals surface area contributed by atoms with E-state index < -0.39 is 15.5 Å². The second-order valence-corrected chi connectivity index (χ2v) is 8.06. The Morgan fingerprint density at radius 1 is 1.39 bits per heavy atom. The van der Waals surface area contributed by atoms with Crippen molar-refractivity contribution in [2.75, 3.05) is 26.7 Å². The molecule has 1 aliphatic heterocycles. The predicted molar refractivity (Wildman–Crippen MR) is 98.3 cm³/mol. The number of aliphatic imine (C=N–C) groups is 1. The van der Waals surface area contributed by atoms with Crippen molar-refractivity contribution in [3.63, 3.8) is 0 Å². The van der Waals surface area contributed by atoms with Crippen molar-refractivity contribution in [3.05, 3.63) is 23.9 Å². The number of aromatic nitrogens is 1. The maximum Gasteiger partial charge on any atom is 0.511 e. The van der Waals surface area contributed by atoms with Gasteiger partial charge < -0.3 is 15.4 Å². The fourth-order valence-corrected chi connectivity index (χ4v) is 3.78. The number of alkyl halides is 3. The molecule has 0 unspecified atom stereocenters. The molecule has 28 heavy (non-hydrogen) atoms. The van der Waals surface area contributed by atoms with Gasteiger partial charge in [0, 0.05) is 37.4 Å². The third-order valence-corrected chi connectivity index (χ3v) is 5.85. The lowest BCUT2D eigenvalue weighted by atomic mass is 10.1. The van der Waals surface area contributed by atoms with Gasteiger partial charge in [-0.3, -0.25) is 0 Å². The summed E-state index contributed by atoms with van der Waals surface area (Å²) in [6.45, 7) is 2.38. The number of nitrogens with one attached hydrogen (secondary N) is 2. The normalized spacial score (nSPS) is 17.4. The number of halogens is 3. The van der Waals surface area contributed by atoms with Crippen LogP contribution in [0.3, 0.4) is 0 Å². The Labute approximate surface area is 162 Å². The number of hydrogen-bond acceptors (Lipinski definition) is 5. The number of methoxy groups -OCH3 is 1. The number of nitrogens with zero attached hydrogens (tertiary/aromatic N) is 3. The fourth-order valence-electron chi connectivity index (χ4n) is 2.79. The molecule has 2 heterocycles. The molecule has 1 aliphatic rings. The number of sulfonamides is 1. The van der Waals surface area contributed by atoms with Gasteiger partial charge in [0.15, 0.2) is 5.96 Å². The maximum atomic E-state index is 12.7. The van der Waals surface area contributed by atoms with Crippen molar-refractivity contribution < 1.29 is 26.3 Å². The van der Waals surface area contributed by atoms with Crippen LogP contribution in [0.25, 0.3) is 0 Å². The van der Waals surface area contributed by atoms with Crippen LogP contribution in [-0.2, 0) is 16.6 Å². The summed E-state index contributed by atoms with van der Waals surface area (Å²) in [5.74, 6) is 0.957. The van der Waals surface area contributed by atoms with Crippen LogP contribution in [0.4, 0.5) is 13.2 Å². The van der Waals surface area contributed by atoms with E-state index in [1.807, 2.05) is 13.0 Å². The molecule has 0 bridgehead atoms. The average Bonchev–Trinajstić information content (AvgIpc) is 2.66. The molecular formula is C16H24F3N5O3S. The molecule has 0 spiro atoms. The minimum atomic E-state index is -5.28. The molecule has 0 aromatic carbocycles. The van der Waals surface area contributed by atoms with Gasteiger partial charge in [0.05, 0.1) is 13.7 Å². The fraction of sp³-hybridized carbons (Fsp3) is 0.625. The number of pyridine rings is 1. The molecule has 2 rings (SSSR count). The van der Waals surface area contributed by atoms with E-state index >= 15 is 0 Å². The van der Waals surface area contributed by atoms with Gasteiger partial charge in [-0.15, -0.1) is 0 Å². The molecule has 158 valence electrons. The van der Waals surface area contributed by atoms with Gasteiger partial charge in [0.1, 0.15) is 0 Å². The molecule has 0 atom stereocenters. The van der Waals surface area contributed by atoms with Gasteiger partial charge in [0.25, 0.3) is 0 Å². The smallest absolute Gasteiger partial charge is 0.481 e. The van der Waals surface area contributed by atoms with Gasteiger partial charge in [-0.2, -0.15) is 17.5 Å². The lowest BCUT2D eigenvalue weighted by Crippen LogP contribution is -2.51. The third-order valence-electron chi connectivity index (χ3n) is 4.22. The highest BCUT2D eigenvalue weighted by Gasteiger charge is 2.50. The zero-order chi connectivity index (χ0) is 20.8. The number of guanidine groups is 1. The number of piperidine rings is 1. The van der Waals surface area contributed by atoms with Gasteiger partial charge in [-0.05, 0) is 25.8 Å². The summed E-state index contributed by atoms with van der Waals surface area (Å²) in [4.78, 5) is 8.56. The highest BCUT2D eigenvalue weighted by molar-refractivity contribution is 7.90. The zero-order valence-electron chi connectivity index (χ0n) is 15.7. The van der Waals surface area contributed by atoms with E-state index in [0.717, 1.165) is 5.56 Å². The van der Waals surface area contributed by atoms with E-state index in [-0.39, 0.29) is 32.0 Å². The zero-order valence-corrected chi connectivity index (χ0v) is 16.5.